The molecule has 2 aliphatic rings. The monoisotopic (exact) mass is 1060 g/mol. The van der Waals surface area contributed by atoms with Crippen molar-refractivity contribution in [1.82, 2.24) is 29.7 Å². The lowest BCUT2D eigenvalue weighted by Crippen LogP contribution is -2.46. The second kappa shape index (κ2) is 24.3. The van der Waals surface area contributed by atoms with Crippen LogP contribution in [0.5, 0.6) is 23.0 Å². The molecule has 74 heavy (non-hydrogen) atoms. The van der Waals surface area contributed by atoms with E-state index in [1.807, 2.05) is 23.6 Å². The Kier molecular flexibility index (Phi) is 17.9. The lowest BCUT2D eigenvalue weighted by molar-refractivity contribution is -0.122. The van der Waals surface area contributed by atoms with E-state index in [1.165, 1.54) is 86.9 Å². The van der Waals surface area contributed by atoms with Gasteiger partial charge in [-0.05, 0) is 161 Å². The van der Waals surface area contributed by atoms with Crippen LogP contribution in [-0.2, 0) is 29.3 Å². The SMILES string of the molecule is CCS(=O)(=O)c1cc([C@@H]2CCCN([C@@H](C)C(=O)Nc3ccc(Oc4ccc(F)cc4)cn3)C2)c[nH]c1=O.CCS(=O)(=O)c1cc([C@H]2CCCN([C@H](C)C(=O)Nc3ccc(Oc4ccc(F)cc4)cn3)C2)c[nH]c1=O. The van der Waals surface area contributed by atoms with Gasteiger partial charge >= 0.3 is 0 Å². The van der Waals surface area contributed by atoms with Gasteiger partial charge in [0.2, 0.25) is 11.8 Å². The van der Waals surface area contributed by atoms with Gasteiger partial charge in [0.25, 0.3) is 11.1 Å². The van der Waals surface area contributed by atoms with Gasteiger partial charge in [-0.15, -0.1) is 0 Å². The zero-order valence-corrected chi connectivity index (χ0v) is 42.8. The number of amides is 2. The molecule has 6 aromatic rings. The van der Waals surface area contributed by atoms with E-state index in [9.17, 15) is 44.8 Å². The van der Waals surface area contributed by atoms with E-state index in [2.05, 4.69) is 30.6 Å². The number of H-pyrrole nitrogens is 2. The molecular weight excluding hydrogens is 999 g/mol. The maximum Gasteiger partial charge on any atom is 0.266 e. The number of rotatable bonds is 16. The number of aromatic nitrogens is 4. The molecule has 18 nitrogen and oxygen atoms in total. The number of benzene rings is 2. The minimum Gasteiger partial charge on any atom is -0.456 e. The average molecular weight is 1060 g/mol. The fourth-order valence-corrected chi connectivity index (χ4v) is 10.5. The molecule has 0 saturated carbocycles. The van der Waals surface area contributed by atoms with Gasteiger partial charge in [-0.25, -0.2) is 35.6 Å². The summed E-state index contributed by atoms with van der Waals surface area (Å²) in [4.78, 5) is 67.3. The van der Waals surface area contributed by atoms with Gasteiger partial charge < -0.3 is 30.1 Å². The quantitative estimate of drug-likeness (QED) is 0.0738. The highest BCUT2D eigenvalue weighted by Gasteiger charge is 2.31. The largest absolute Gasteiger partial charge is 0.456 e. The van der Waals surface area contributed by atoms with Crippen LogP contribution in [0, 0.1) is 11.6 Å². The Morgan fingerprint density at radius 1 is 0.622 bits per heavy atom. The van der Waals surface area contributed by atoms with Crippen molar-refractivity contribution in [3.05, 3.63) is 153 Å². The Morgan fingerprint density at radius 3 is 1.32 bits per heavy atom. The Hall–Kier alpha value is -7.14. The average Bonchev–Trinajstić information content (AvgIpc) is 3.41. The summed E-state index contributed by atoms with van der Waals surface area (Å²) in [5.74, 6) is 1.05. The molecule has 0 aliphatic carbocycles. The molecule has 0 bridgehead atoms. The van der Waals surface area contributed by atoms with Crippen LogP contribution >= 0.6 is 0 Å². The van der Waals surface area contributed by atoms with Crippen LogP contribution in [0.4, 0.5) is 20.4 Å². The second-order valence-electron chi connectivity index (χ2n) is 17.9. The summed E-state index contributed by atoms with van der Waals surface area (Å²) in [5, 5.41) is 5.63. The standard InChI is InChI=1S/2C26H29FN4O5S/c2*1-3-37(34,35)23-13-19(14-29-26(23)33)18-5-4-12-31(16-18)17(2)25(32)30-24-11-10-22(15-28-24)36-21-8-6-20(27)7-9-21/h2*6-11,13-15,17-18H,3-5,12,16H2,1-2H3,(H,29,33)(H,28,30,32)/t2*17-,18+/m10/s1. The molecular formula is C52H58F2N8O10S2. The lowest BCUT2D eigenvalue weighted by atomic mass is 9.91. The third kappa shape index (κ3) is 14.1. The van der Waals surface area contributed by atoms with E-state index in [1.54, 1.807) is 36.7 Å². The smallest absolute Gasteiger partial charge is 0.266 e. The molecule has 2 aromatic carbocycles. The number of carbonyl (C=O) groups excluding carboxylic acids is 2. The molecule has 4 atom stereocenters. The summed E-state index contributed by atoms with van der Waals surface area (Å²) < 4.78 is 86.6. The van der Waals surface area contributed by atoms with Crippen molar-refractivity contribution in [2.75, 3.05) is 48.3 Å². The summed E-state index contributed by atoms with van der Waals surface area (Å²) in [5.41, 5.74) is 0.241. The Morgan fingerprint density at radius 2 is 0.986 bits per heavy atom. The highest BCUT2D eigenvalue weighted by molar-refractivity contribution is 7.91. The first-order valence-electron chi connectivity index (χ1n) is 24.1. The summed E-state index contributed by atoms with van der Waals surface area (Å²) in [6.07, 6.45) is 9.36. The van der Waals surface area contributed by atoms with E-state index < -0.39 is 42.9 Å². The number of pyridine rings is 4. The van der Waals surface area contributed by atoms with Crippen molar-refractivity contribution in [3.63, 3.8) is 0 Å². The molecule has 2 amide bonds. The molecule has 8 rings (SSSR count). The predicted molar refractivity (Wildman–Crippen MR) is 274 cm³/mol. The molecule has 392 valence electrons. The highest BCUT2D eigenvalue weighted by Crippen LogP contribution is 2.31. The molecule has 4 aromatic heterocycles. The number of nitrogens with one attached hydrogen (secondary N) is 4. The van der Waals surface area contributed by atoms with Crippen molar-refractivity contribution in [1.29, 1.82) is 0 Å². The maximum atomic E-state index is 13.0. The number of anilines is 2. The van der Waals surface area contributed by atoms with Gasteiger partial charge in [0.05, 0.1) is 36.0 Å². The van der Waals surface area contributed by atoms with Crippen LogP contribution in [0.15, 0.2) is 129 Å². The number of nitrogens with zero attached hydrogens (tertiary/aromatic N) is 4. The van der Waals surface area contributed by atoms with E-state index in [0.29, 0.717) is 60.8 Å². The molecule has 4 N–H and O–H groups in total. The number of piperidine rings is 2. The summed E-state index contributed by atoms with van der Waals surface area (Å²) in [7, 11) is -7.29. The molecule has 2 aliphatic heterocycles. The first-order chi connectivity index (χ1) is 35.3. The minimum atomic E-state index is -3.64. The molecule has 2 saturated heterocycles. The summed E-state index contributed by atoms with van der Waals surface area (Å²) in [6.45, 7) is 9.15. The fourth-order valence-electron chi connectivity index (χ4n) is 8.56. The normalized spacial score (nSPS) is 17.2. The summed E-state index contributed by atoms with van der Waals surface area (Å²) in [6, 6.07) is 19.8. The van der Waals surface area contributed by atoms with E-state index in [0.717, 1.165) is 36.8 Å². The lowest BCUT2D eigenvalue weighted by Gasteiger charge is -2.36. The van der Waals surface area contributed by atoms with E-state index in [-0.39, 0.29) is 56.6 Å². The van der Waals surface area contributed by atoms with Crippen LogP contribution in [0.1, 0.15) is 76.3 Å². The van der Waals surface area contributed by atoms with E-state index in [4.69, 9.17) is 9.47 Å². The fraction of sp³-hybridized carbons (Fsp3) is 0.346. The predicted octanol–water partition coefficient (Wildman–Crippen LogP) is 7.40. The Labute approximate surface area is 427 Å². The molecule has 22 heteroatoms. The number of halogens is 2. The number of aromatic amines is 2. The molecule has 0 unspecified atom stereocenters. The third-order valence-corrected chi connectivity index (χ3v) is 16.5. The van der Waals surface area contributed by atoms with Gasteiger partial charge in [0.1, 0.15) is 56.1 Å². The number of ether oxygens (including phenoxy) is 2. The number of carbonyl (C=O) groups is 2. The van der Waals surface area contributed by atoms with Gasteiger partial charge in [0, 0.05) is 25.5 Å². The number of hydrogen-bond donors (Lipinski definition) is 4. The van der Waals surface area contributed by atoms with Crippen LogP contribution in [-0.4, -0.2) is 108 Å². The minimum absolute atomic E-state index is 0.0207. The van der Waals surface area contributed by atoms with Gasteiger partial charge in [-0.3, -0.25) is 29.0 Å². The molecule has 2 fully saturated rings. The van der Waals surface area contributed by atoms with Crippen LogP contribution in [0.2, 0.25) is 0 Å². The second-order valence-corrected chi connectivity index (χ2v) is 22.4. The first kappa shape index (κ1) is 54.6. The number of hydrogen-bond acceptors (Lipinski definition) is 14. The first-order valence-corrected chi connectivity index (χ1v) is 27.4. The number of likely N-dealkylation sites (tertiary alicyclic amines) is 2. The third-order valence-electron chi connectivity index (χ3n) is 13.0. The van der Waals surface area contributed by atoms with Crippen molar-refractivity contribution in [2.45, 2.75) is 87.1 Å². The molecule has 6 heterocycles. The summed E-state index contributed by atoms with van der Waals surface area (Å²) >= 11 is 0. The topological polar surface area (TPSA) is 243 Å². The Balaban J connectivity index is 0.000000216. The van der Waals surface area contributed by atoms with Gasteiger partial charge in [-0.2, -0.15) is 0 Å². The Bertz CT molecular complexity index is 3030. The van der Waals surface area contributed by atoms with Crippen molar-refractivity contribution in [2.24, 2.45) is 0 Å². The van der Waals surface area contributed by atoms with Crippen molar-refractivity contribution in [3.8, 4) is 23.0 Å². The number of sulfone groups is 2. The van der Waals surface area contributed by atoms with Crippen LogP contribution < -0.4 is 31.2 Å². The maximum absolute atomic E-state index is 13.0. The van der Waals surface area contributed by atoms with Crippen molar-refractivity contribution >= 4 is 43.1 Å². The zero-order chi connectivity index (χ0) is 53.2. The van der Waals surface area contributed by atoms with Gasteiger partial charge in [-0.1, -0.05) is 13.8 Å². The van der Waals surface area contributed by atoms with Crippen molar-refractivity contribution < 1.29 is 44.7 Å². The van der Waals surface area contributed by atoms with Crippen LogP contribution in [0.25, 0.3) is 0 Å². The van der Waals surface area contributed by atoms with Gasteiger partial charge in [0.15, 0.2) is 19.7 Å². The van der Waals surface area contributed by atoms with E-state index >= 15 is 0 Å². The molecule has 0 radical (unpaired) electrons. The zero-order valence-electron chi connectivity index (χ0n) is 41.2. The van der Waals surface area contributed by atoms with Crippen LogP contribution in [0.3, 0.4) is 0 Å². The molecule has 0 spiro atoms. The highest BCUT2D eigenvalue weighted by atomic mass is 32.2.